The van der Waals surface area contributed by atoms with Crippen LogP contribution in [0.4, 0.5) is 0 Å². The number of H-pyrrole nitrogens is 1. The lowest BCUT2D eigenvalue weighted by Crippen LogP contribution is -2.58. The zero-order valence-corrected chi connectivity index (χ0v) is 21.2. The van der Waals surface area contributed by atoms with E-state index >= 15 is 0 Å². The molecule has 216 valence electrons. The summed E-state index contributed by atoms with van der Waals surface area (Å²) >= 11 is 0. The number of hydrogen-bond acceptors (Lipinski definition) is 9. The Morgan fingerprint density at radius 1 is 0.875 bits per heavy atom. The summed E-state index contributed by atoms with van der Waals surface area (Å²) in [6.45, 7) is 0. The molecular weight excluding hydrogens is 530 g/mol. The van der Waals surface area contributed by atoms with E-state index in [1.165, 1.54) is 36.8 Å². The number of aromatic nitrogens is 2. The number of aliphatic carboxylic acids is 2. The van der Waals surface area contributed by atoms with Gasteiger partial charge in [0, 0.05) is 31.2 Å². The second kappa shape index (κ2) is 14.8. The number of carboxylic acid groups (broad SMARTS) is 2. The summed E-state index contributed by atoms with van der Waals surface area (Å²) in [5, 5.41) is 35.0. The van der Waals surface area contributed by atoms with E-state index in [1.807, 2.05) is 0 Å². The van der Waals surface area contributed by atoms with Gasteiger partial charge in [-0.2, -0.15) is 0 Å². The summed E-state index contributed by atoms with van der Waals surface area (Å²) in [6.07, 6.45) is 1.15. The Labute approximate surface area is 227 Å². The lowest BCUT2D eigenvalue weighted by Gasteiger charge is -2.24. The molecule has 0 aliphatic carbocycles. The molecule has 11 N–H and O–H groups in total. The van der Waals surface area contributed by atoms with Crippen LogP contribution in [0.15, 0.2) is 36.8 Å². The molecule has 1 aromatic carbocycles. The van der Waals surface area contributed by atoms with Crippen LogP contribution in [0.1, 0.15) is 30.5 Å². The van der Waals surface area contributed by atoms with Crippen molar-refractivity contribution in [3.8, 4) is 5.75 Å². The van der Waals surface area contributed by atoms with Gasteiger partial charge < -0.3 is 47.7 Å². The van der Waals surface area contributed by atoms with Gasteiger partial charge in [0.05, 0.1) is 18.8 Å². The van der Waals surface area contributed by atoms with Gasteiger partial charge in [-0.1, -0.05) is 12.1 Å². The van der Waals surface area contributed by atoms with Crippen molar-refractivity contribution >= 4 is 35.6 Å². The van der Waals surface area contributed by atoms with Gasteiger partial charge in [-0.25, -0.2) is 9.78 Å². The number of nitrogens with two attached hydrogens (primary N) is 2. The number of aromatic amines is 1. The SMILES string of the molecule is NC(=O)CCC(NC(=O)C(CC(=O)O)NC(=O)C(Cc1ccc(O)cc1)NC(=O)C(N)Cc1cnc[nH]1)C(=O)O. The van der Waals surface area contributed by atoms with Gasteiger partial charge in [-0.3, -0.25) is 24.0 Å². The van der Waals surface area contributed by atoms with Crippen molar-refractivity contribution in [1.29, 1.82) is 0 Å². The number of imidazole rings is 1. The summed E-state index contributed by atoms with van der Waals surface area (Å²) in [5.74, 6) is -6.67. The fourth-order valence-corrected chi connectivity index (χ4v) is 3.55. The number of aromatic hydroxyl groups is 1. The van der Waals surface area contributed by atoms with Crippen LogP contribution in [0.2, 0.25) is 0 Å². The van der Waals surface area contributed by atoms with E-state index in [-0.39, 0.29) is 31.4 Å². The first kappa shape index (κ1) is 31.2. The molecule has 2 aromatic rings. The molecule has 1 heterocycles. The number of benzene rings is 1. The van der Waals surface area contributed by atoms with Crippen LogP contribution >= 0.6 is 0 Å². The Kier molecular flexibility index (Phi) is 11.6. The predicted molar refractivity (Wildman–Crippen MR) is 136 cm³/mol. The van der Waals surface area contributed by atoms with Crippen molar-refractivity contribution < 1.29 is 44.1 Å². The van der Waals surface area contributed by atoms with E-state index in [4.69, 9.17) is 11.5 Å². The van der Waals surface area contributed by atoms with Crippen molar-refractivity contribution in [3.05, 3.63) is 48.0 Å². The fourth-order valence-electron chi connectivity index (χ4n) is 3.55. The minimum atomic E-state index is -1.74. The van der Waals surface area contributed by atoms with Crippen LogP contribution in [-0.2, 0) is 41.6 Å². The van der Waals surface area contributed by atoms with Gasteiger partial charge in [0.2, 0.25) is 23.6 Å². The highest BCUT2D eigenvalue weighted by atomic mass is 16.4. The van der Waals surface area contributed by atoms with Crippen LogP contribution in [0.5, 0.6) is 5.75 Å². The third-order valence-corrected chi connectivity index (χ3v) is 5.65. The summed E-state index contributed by atoms with van der Waals surface area (Å²) in [7, 11) is 0. The van der Waals surface area contributed by atoms with Gasteiger partial charge in [0.1, 0.15) is 23.9 Å². The predicted octanol–water partition coefficient (Wildman–Crippen LogP) is -2.49. The number of nitrogens with zero attached hydrogens (tertiary/aromatic N) is 1. The number of carbonyl (C=O) groups excluding carboxylic acids is 4. The summed E-state index contributed by atoms with van der Waals surface area (Å²) < 4.78 is 0. The highest BCUT2D eigenvalue weighted by Gasteiger charge is 2.32. The highest BCUT2D eigenvalue weighted by Crippen LogP contribution is 2.12. The maximum Gasteiger partial charge on any atom is 0.326 e. The number of carbonyl (C=O) groups is 6. The lowest BCUT2D eigenvalue weighted by atomic mass is 10.0. The topological polar surface area (TPSA) is 280 Å². The maximum atomic E-state index is 13.2. The van der Waals surface area contributed by atoms with Crippen molar-refractivity contribution in [3.63, 3.8) is 0 Å². The molecule has 1 aromatic heterocycles. The normalized spacial score (nSPS) is 13.7. The quantitative estimate of drug-likeness (QED) is 0.103. The third-order valence-electron chi connectivity index (χ3n) is 5.65. The van der Waals surface area contributed by atoms with Gasteiger partial charge in [0.15, 0.2) is 0 Å². The molecule has 16 heteroatoms. The van der Waals surface area contributed by atoms with Crippen LogP contribution in [0, 0.1) is 0 Å². The smallest absolute Gasteiger partial charge is 0.326 e. The van der Waals surface area contributed by atoms with Gasteiger partial charge in [0.25, 0.3) is 0 Å². The van der Waals surface area contributed by atoms with E-state index in [9.17, 15) is 44.1 Å². The molecule has 4 amide bonds. The minimum Gasteiger partial charge on any atom is -0.508 e. The number of rotatable bonds is 16. The summed E-state index contributed by atoms with van der Waals surface area (Å²) in [5.41, 5.74) is 12.0. The van der Waals surface area contributed by atoms with Gasteiger partial charge in [-0.05, 0) is 24.1 Å². The number of nitrogens with one attached hydrogen (secondary N) is 4. The average Bonchev–Trinajstić information content (AvgIpc) is 3.39. The second-order valence-corrected chi connectivity index (χ2v) is 8.88. The fraction of sp³-hybridized carbons (Fsp3) is 0.375. The number of carboxylic acids is 2. The lowest BCUT2D eigenvalue weighted by molar-refractivity contribution is -0.143. The standard InChI is InChI=1S/C24H31N7O9/c25-15(8-13-10-27-11-28-13)21(36)30-17(7-12-1-3-14(32)4-2-12)22(37)31-18(9-20(34)35)23(38)29-16(24(39)40)5-6-19(26)33/h1-4,10-11,15-18,32H,5-9,25H2,(H2,26,33)(H,27,28)(H,29,38)(H,30,36)(H,31,37)(H,34,35)(H,39,40). The molecule has 0 saturated carbocycles. The number of hydrogen-bond donors (Lipinski definition) is 9. The first-order valence-corrected chi connectivity index (χ1v) is 12.0. The van der Waals surface area contributed by atoms with Crippen molar-refractivity contribution in [1.82, 2.24) is 25.9 Å². The molecular formula is C24H31N7O9. The molecule has 0 fully saturated rings. The van der Waals surface area contributed by atoms with E-state index in [0.717, 1.165) is 0 Å². The zero-order chi connectivity index (χ0) is 29.8. The van der Waals surface area contributed by atoms with E-state index in [2.05, 4.69) is 25.9 Å². The molecule has 0 saturated heterocycles. The van der Waals surface area contributed by atoms with E-state index < -0.39 is 66.2 Å². The molecule has 4 atom stereocenters. The Morgan fingerprint density at radius 2 is 1.48 bits per heavy atom. The number of phenols is 1. The van der Waals surface area contributed by atoms with Crippen LogP contribution < -0.4 is 27.4 Å². The monoisotopic (exact) mass is 561 g/mol. The first-order valence-electron chi connectivity index (χ1n) is 12.0. The molecule has 40 heavy (non-hydrogen) atoms. The zero-order valence-electron chi connectivity index (χ0n) is 21.2. The van der Waals surface area contributed by atoms with Crippen molar-refractivity contribution in [2.24, 2.45) is 11.5 Å². The molecule has 0 aliphatic heterocycles. The molecule has 2 rings (SSSR count). The number of amides is 4. The Hall–Kier alpha value is -4.99. The largest absolute Gasteiger partial charge is 0.508 e. The van der Waals surface area contributed by atoms with Crippen LogP contribution in [0.3, 0.4) is 0 Å². The molecule has 0 bridgehead atoms. The van der Waals surface area contributed by atoms with Crippen LogP contribution in [-0.4, -0.2) is 85.0 Å². The Bertz CT molecular complexity index is 1200. The first-order chi connectivity index (χ1) is 18.8. The number of phenolic OH excluding ortho intramolecular Hbond substituents is 1. The maximum absolute atomic E-state index is 13.2. The molecule has 0 spiro atoms. The number of primary amides is 1. The average molecular weight is 562 g/mol. The molecule has 4 unspecified atom stereocenters. The molecule has 16 nitrogen and oxygen atoms in total. The highest BCUT2D eigenvalue weighted by molar-refractivity contribution is 5.95. The van der Waals surface area contributed by atoms with Gasteiger partial charge >= 0.3 is 11.9 Å². The Morgan fingerprint density at radius 3 is 2.02 bits per heavy atom. The summed E-state index contributed by atoms with van der Waals surface area (Å²) in [4.78, 5) is 79.4. The Balaban J connectivity index is 2.22. The minimum absolute atomic E-state index is 0.0436. The van der Waals surface area contributed by atoms with Gasteiger partial charge in [-0.15, -0.1) is 0 Å². The van der Waals surface area contributed by atoms with Crippen molar-refractivity contribution in [2.45, 2.75) is 56.3 Å². The molecule has 0 aliphatic rings. The second-order valence-electron chi connectivity index (χ2n) is 8.88. The summed E-state index contributed by atoms with van der Waals surface area (Å²) in [6, 6.07) is -0.0775. The molecule has 0 radical (unpaired) electrons. The van der Waals surface area contributed by atoms with E-state index in [1.54, 1.807) is 0 Å². The third kappa shape index (κ3) is 10.4. The van der Waals surface area contributed by atoms with Crippen LogP contribution in [0.25, 0.3) is 0 Å². The van der Waals surface area contributed by atoms with Crippen molar-refractivity contribution in [2.75, 3.05) is 0 Å². The van der Waals surface area contributed by atoms with E-state index in [0.29, 0.717) is 11.3 Å².